The summed E-state index contributed by atoms with van der Waals surface area (Å²) in [6, 6.07) is 6.56. The van der Waals surface area contributed by atoms with Crippen molar-refractivity contribution >= 4 is 56.6 Å². The number of carboxylic acid groups (broad SMARTS) is 1. The lowest BCUT2D eigenvalue weighted by atomic mass is 10.0. The molecule has 1 aliphatic rings. The predicted octanol–water partition coefficient (Wildman–Crippen LogP) is 3.65. The standard InChI is InChI=1S/C25H27ClN8O3S/c1-13-11-16(14(2)27-18-5-6-19(26)28-21(18)23(36)37)20-17(12-13)22(35)32(4)24(29-20)33-7-9-34(10-8-33)25-31-30-15(3)38-25/h5-6,11-12,14,27H,7-10H2,1-4H3,(H,36,37)/t14-/m1/s1. The van der Waals surface area contributed by atoms with Crippen molar-refractivity contribution in [2.24, 2.45) is 7.05 Å². The molecule has 1 saturated heterocycles. The van der Waals surface area contributed by atoms with E-state index in [1.54, 1.807) is 29.0 Å². The van der Waals surface area contributed by atoms with Gasteiger partial charge in [-0.05, 0) is 44.5 Å². The zero-order valence-corrected chi connectivity index (χ0v) is 23.0. The Morgan fingerprint density at radius 2 is 1.82 bits per heavy atom. The van der Waals surface area contributed by atoms with Crippen LogP contribution in [0.25, 0.3) is 10.9 Å². The maximum Gasteiger partial charge on any atom is 0.356 e. The fraction of sp³-hybridized carbons (Fsp3) is 0.360. The van der Waals surface area contributed by atoms with Crippen molar-refractivity contribution in [3.05, 3.63) is 61.6 Å². The Kier molecular flexibility index (Phi) is 6.93. The molecular weight excluding hydrogens is 528 g/mol. The summed E-state index contributed by atoms with van der Waals surface area (Å²) < 4.78 is 1.60. The molecule has 0 radical (unpaired) electrons. The van der Waals surface area contributed by atoms with Crippen LogP contribution in [0, 0.1) is 13.8 Å². The van der Waals surface area contributed by atoms with E-state index in [1.807, 2.05) is 32.9 Å². The molecule has 4 heterocycles. The van der Waals surface area contributed by atoms with Crippen LogP contribution in [0.5, 0.6) is 0 Å². The highest BCUT2D eigenvalue weighted by Gasteiger charge is 2.25. The topological polar surface area (TPSA) is 129 Å². The number of piperazine rings is 1. The van der Waals surface area contributed by atoms with Gasteiger partial charge in [0.1, 0.15) is 10.2 Å². The van der Waals surface area contributed by atoms with Gasteiger partial charge in [0.15, 0.2) is 5.69 Å². The van der Waals surface area contributed by atoms with Gasteiger partial charge in [0.2, 0.25) is 11.1 Å². The zero-order valence-electron chi connectivity index (χ0n) is 21.4. The van der Waals surface area contributed by atoms with Crippen molar-refractivity contribution in [2.75, 3.05) is 41.3 Å². The predicted molar refractivity (Wildman–Crippen MR) is 149 cm³/mol. The molecule has 1 atom stereocenters. The van der Waals surface area contributed by atoms with Gasteiger partial charge >= 0.3 is 5.97 Å². The van der Waals surface area contributed by atoms with Crippen molar-refractivity contribution < 1.29 is 9.90 Å². The van der Waals surface area contributed by atoms with Crippen molar-refractivity contribution in [1.82, 2.24) is 24.7 Å². The maximum atomic E-state index is 13.5. The lowest BCUT2D eigenvalue weighted by molar-refractivity contribution is 0.0691. The first-order chi connectivity index (χ1) is 18.1. The van der Waals surface area contributed by atoms with Gasteiger partial charge in [-0.1, -0.05) is 29.0 Å². The molecule has 2 N–H and O–H groups in total. The molecule has 0 saturated carbocycles. The molecule has 1 aromatic carbocycles. The van der Waals surface area contributed by atoms with Gasteiger partial charge in [0, 0.05) is 38.8 Å². The molecular formula is C25H27ClN8O3S. The van der Waals surface area contributed by atoms with E-state index in [4.69, 9.17) is 16.6 Å². The Balaban J connectivity index is 1.50. The maximum absolute atomic E-state index is 13.5. The van der Waals surface area contributed by atoms with Crippen LogP contribution >= 0.6 is 22.9 Å². The van der Waals surface area contributed by atoms with E-state index in [9.17, 15) is 14.7 Å². The number of benzene rings is 1. The Labute approximate surface area is 227 Å². The number of aryl methyl sites for hydroxylation is 2. The Bertz CT molecular complexity index is 1600. The summed E-state index contributed by atoms with van der Waals surface area (Å²) in [6.45, 7) is 8.59. The Morgan fingerprint density at radius 3 is 2.47 bits per heavy atom. The monoisotopic (exact) mass is 554 g/mol. The Hall–Kier alpha value is -3.77. The van der Waals surface area contributed by atoms with E-state index >= 15 is 0 Å². The number of aromatic carboxylic acids is 1. The first-order valence-corrected chi connectivity index (χ1v) is 13.3. The normalized spacial score (nSPS) is 14.7. The van der Waals surface area contributed by atoms with Crippen molar-refractivity contribution in [3.8, 4) is 0 Å². The number of halogens is 1. The lowest BCUT2D eigenvalue weighted by Crippen LogP contribution is -2.48. The van der Waals surface area contributed by atoms with E-state index < -0.39 is 5.97 Å². The summed E-state index contributed by atoms with van der Waals surface area (Å²) >= 11 is 7.49. The molecule has 1 fully saturated rings. The van der Waals surface area contributed by atoms with Gasteiger partial charge < -0.3 is 20.2 Å². The first kappa shape index (κ1) is 25.9. The SMILES string of the molecule is Cc1cc([C@@H](C)Nc2ccc(Cl)nc2C(=O)O)c2nc(N3CCN(c4nnc(C)s4)CC3)n(C)c(=O)c2c1. The van der Waals surface area contributed by atoms with E-state index in [0.29, 0.717) is 35.6 Å². The molecule has 38 heavy (non-hydrogen) atoms. The number of carbonyl (C=O) groups is 1. The number of pyridine rings is 1. The summed E-state index contributed by atoms with van der Waals surface area (Å²) in [5.41, 5.74) is 2.29. The van der Waals surface area contributed by atoms with E-state index in [1.165, 1.54) is 6.07 Å². The van der Waals surface area contributed by atoms with Crippen LogP contribution in [-0.2, 0) is 7.05 Å². The minimum absolute atomic E-state index is 0.0952. The fourth-order valence-electron chi connectivity index (χ4n) is 4.69. The van der Waals surface area contributed by atoms with E-state index in [-0.39, 0.29) is 22.4 Å². The second-order valence-electron chi connectivity index (χ2n) is 9.31. The molecule has 0 bridgehead atoms. The molecule has 4 aromatic rings. The number of hydrogen-bond donors (Lipinski definition) is 2. The number of carboxylic acids is 1. The Morgan fingerprint density at radius 1 is 1.11 bits per heavy atom. The van der Waals surface area contributed by atoms with Gasteiger partial charge in [0.25, 0.3) is 5.56 Å². The molecule has 1 aliphatic heterocycles. The molecule has 0 aliphatic carbocycles. The summed E-state index contributed by atoms with van der Waals surface area (Å²) in [7, 11) is 1.74. The molecule has 13 heteroatoms. The number of nitrogens with one attached hydrogen (secondary N) is 1. The summed E-state index contributed by atoms with van der Waals surface area (Å²) in [5, 5.41) is 23.6. The number of rotatable bonds is 6. The third kappa shape index (κ3) is 4.88. The molecule has 3 aromatic heterocycles. The minimum Gasteiger partial charge on any atom is -0.476 e. The first-order valence-electron chi connectivity index (χ1n) is 12.1. The summed E-state index contributed by atoms with van der Waals surface area (Å²) in [5.74, 6) is -0.597. The summed E-state index contributed by atoms with van der Waals surface area (Å²) in [4.78, 5) is 38.5. The number of anilines is 3. The third-order valence-corrected chi connectivity index (χ3v) is 7.69. The highest BCUT2D eigenvalue weighted by atomic mass is 35.5. The molecule has 0 unspecified atom stereocenters. The molecule has 11 nitrogen and oxygen atoms in total. The van der Waals surface area contributed by atoms with Gasteiger partial charge in [0.05, 0.1) is 22.6 Å². The third-order valence-electron chi connectivity index (χ3n) is 6.58. The largest absolute Gasteiger partial charge is 0.476 e. The minimum atomic E-state index is -1.19. The van der Waals surface area contributed by atoms with E-state index in [2.05, 4.69) is 30.3 Å². The second-order valence-corrected chi connectivity index (χ2v) is 10.9. The van der Waals surface area contributed by atoms with Crippen LogP contribution in [0.15, 0.2) is 29.1 Å². The van der Waals surface area contributed by atoms with Crippen molar-refractivity contribution in [2.45, 2.75) is 26.8 Å². The second kappa shape index (κ2) is 10.2. The van der Waals surface area contributed by atoms with Crippen molar-refractivity contribution in [1.29, 1.82) is 0 Å². The van der Waals surface area contributed by atoms with Gasteiger partial charge in [-0.15, -0.1) is 10.2 Å². The number of hydrogen-bond acceptors (Lipinski definition) is 10. The fourth-order valence-corrected chi connectivity index (χ4v) is 5.58. The quantitative estimate of drug-likeness (QED) is 0.341. The molecule has 0 amide bonds. The average molecular weight is 555 g/mol. The average Bonchev–Trinajstić information content (AvgIpc) is 3.33. The van der Waals surface area contributed by atoms with Crippen LogP contribution in [0.2, 0.25) is 5.15 Å². The molecule has 0 spiro atoms. The lowest BCUT2D eigenvalue weighted by Gasteiger charge is -2.35. The van der Waals surface area contributed by atoms with E-state index in [0.717, 1.165) is 34.4 Å². The number of nitrogens with zero attached hydrogens (tertiary/aromatic N) is 7. The highest BCUT2D eigenvalue weighted by molar-refractivity contribution is 7.15. The van der Waals surface area contributed by atoms with Crippen LogP contribution in [-0.4, -0.2) is 62.0 Å². The molecule has 5 rings (SSSR count). The van der Waals surface area contributed by atoms with Crippen LogP contribution in [0.1, 0.15) is 39.6 Å². The highest BCUT2D eigenvalue weighted by Crippen LogP contribution is 2.29. The smallest absolute Gasteiger partial charge is 0.356 e. The van der Waals surface area contributed by atoms with Crippen LogP contribution in [0.4, 0.5) is 16.8 Å². The van der Waals surface area contributed by atoms with Crippen LogP contribution in [0.3, 0.4) is 0 Å². The van der Waals surface area contributed by atoms with Crippen molar-refractivity contribution in [3.63, 3.8) is 0 Å². The number of aromatic nitrogens is 5. The van der Waals surface area contributed by atoms with Gasteiger partial charge in [-0.3, -0.25) is 9.36 Å². The van der Waals surface area contributed by atoms with Gasteiger partial charge in [-0.25, -0.2) is 14.8 Å². The molecule has 198 valence electrons. The zero-order chi connectivity index (χ0) is 27.1. The van der Waals surface area contributed by atoms with Crippen LogP contribution < -0.4 is 20.7 Å². The summed E-state index contributed by atoms with van der Waals surface area (Å²) in [6.07, 6.45) is 0. The van der Waals surface area contributed by atoms with Gasteiger partial charge in [-0.2, -0.15) is 0 Å². The number of fused-ring (bicyclic) bond motifs is 1.